The maximum atomic E-state index is 9.04. The first-order valence-corrected chi connectivity index (χ1v) is 52.5. The minimum atomic E-state index is -1.69. The van der Waals surface area contributed by atoms with Gasteiger partial charge in [0.25, 0.3) is 0 Å². The zero-order valence-corrected chi connectivity index (χ0v) is 83.9. The molecule has 15 heterocycles. The predicted molar refractivity (Wildman–Crippen MR) is 551 cm³/mol. The highest BCUT2D eigenvalue weighted by atomic mass is 28.4. The van der Waals surface area contributed by atoms with Crippen molar-refractivity contribution >= 4 is 65.6 Å². The molecule has 5 fully saturated rings. The summed E-state index contributed by atoms with van der Waals surface area (Å²) in [6.07, 6.45) is 51.5. The first-order chi connectivity index (χ1) is 66.0. The van der Waals surface area contributed by atoms with Gasteiger partial charge in [0.05, 0.1) is 68.6 Å². The molecule has 0 amide bonds. The fraction of sp³-hybridized carbons (Fsp3) is 0.550. The summed E-state index contributed by atoms with van der Waals surface area (Å²) in [6, 6.07) is 13.1. The monoisotopic (exact) mass is 1900 g/mol. The maximum absolute atomic E-state index is 9.04. The van der Waals surface area contributed by atoms with Crippen molar-refractivity contribution in [1.29, 1.82) is 0 Å². The molecular formula is C100H149N35O2Si. The second-order valence-electron chi connectivity index (χ2n) is 40.1. The Morgan fingerprint density at radius 3 is 0.935 bits per heavy atom. The molecule has 37 nitrogen and oxygen atoms in total. The molecule has 0 aliphatic heterocycles. The van der Waals surface area contributed by atoms with Gasteiger partial charge in [0.2, 0.25) is 0 Å². The number of nitrogen functional groups attached to an aromatic ring is 5. The smallest absolute Gasteiger partial charge is 0.192 e. The van der Waals surface area contributed by atoms with Crippen LogP contribution in [-0.4, -0.2) is 222 Å². The van der Waals surface area contributed by atoms with E-state index in [9.17, 15) is 0 Å². The molecule has 0 saturated heterocycles. The minimum absolute atomic E-state index is 0. The molecule has 5 aliphatic rings. The van der Waals surface area contributed by atoms with Crippen LogP contribution in [0, 0.1) is 0 Å². The Labute approximate surface area is 811 Å². The summed E-state index contributed by atoms with van der Waals surface area (Å²) in [5.41, 5.74) is 50.8. The van der Waals surface area contributed by atoms with E-state index in [-0.39, 0.29) is 19.1 Å². The number of fused-ring (bicyclic) bond motifs is 5. The molecule has 0 radical (unpaired) electrons. The van der Waals surface area contributed by atoms with Gasteiger partial charge >= 0.3 is 0 Å². The summed E-state index contributed by atoms with van der Waals surface area (Å²) in [5, 5.41) is 67.2. The van der Waals surface area contributed by atoms with Crippen molar-refractivity contribution in [2.75, 3.05) is 74.6 Å². The van der Waals surface area contributed by atoms with Crippen molar-refractivity contribution in [2.45, 2.75) is 275 Å². The van der Waals surface area contributed by atoms with Gasteiger partial charge in [0.1, 0.15) is 29.1 Å². The lowest BCUT2D eigenvalue weighted by molar-refractivity contribution is 0.160. The van der Waals surface area contributed by atoms with Crippen molar-refractivity contribution in [2.24, 2.45) is 35.2 Å². The van der Waals surface area contributed by atoms with Gasteiger partial charge < -0.3 is 64.4 Å². The van der Waals surface area contributed by atoms with Crippen LogP contribution in [0.5, 0.6) is 0 Å². The maximum Gasteiger partial charge on any atom is 0.192 e. The van der Waals surface area contributed by atoms with Crippen LogP contribution in [0.2, 0.25) is 18.1 Å². The summed E-state index contributed by atoms with van der Waals surface area (Å²) in [7, 11) is 7.84. The standard InChI is InChI=1S/C24H39N7OSi.C20H29N7.C19H27N7.C18H25N7O.C18H25N7.CH4/c1-24(2,3)33(5,6)32-11-10-26-19-9-7-8-17(12-19)21-13-22(25)31-23(29-21)20(15-28-31)18-14-27-30(4)16-18;1-4-26(5-2)16-8-6-7-14(9-16)18-10-19(21)27-20(24-18)17(12-23-27)15-11-22-25(3)13-15;1-12(2)23-15-6-4-5-13(7-15)17-8-18(20)26-19(24-17)16(10-22-26)14-9-21-25(3)11-14;1-24-11-13(9-21-24)15-10-22-25-17(19)8-16(23-18(15)25)12-3-2-4-14(7-12)20-5-6-26;1-3-20-14-6-4-5-12(7-14)16-8-17(19)25-18(23-16)15(10-22-25)13-9-21-24(2)11-13;/h13-17,19,26H,7-12,25H2,1-6H3;10-14,16H,4-9,21H2,1-3H3;8-13,15,23H,4-7,20H2,1-3H3;8-12,14,20,26H,2-7,19H2,1H3;8-12,14,20H,3-7,19H2,1-2H3;1H4/t17-,19+;14-,16+;13-,15+;2*12-,14+;/m00000./s1. The summed E-state index contributed by atoms with van der Waals surface area (Å²) in [5.74, 6) is 5.24. The van der Waals surface area contributed by atoms with Crippen LogP contribution in [0.1, 0.15) is 249 Å². The van der Waals surface area contributed by atoms with Crippen LogP contribution in [-0.2, 0) is 39.7 Å². The Kier molecular flexibility index (Phi) is 32.4. The number of nitrogens with one attached hydrogen (secondary N) is 4. The highest BCUT2D eigenvalue weighted by Crippen LogP contribution is 2.43. The zero-order valence-electron chi connectivity index (χ0n) is 82.9. The third-order valence-corrected chi connectivity index (χ3v) is 33.4. The van der Waals surface area contributed by atoms with E-state index in [1.165, 1.54) is 64.2 Å². The molecule has 20 rings (SSSR count). The first-order valence-electron chi connectivity index (χ1n) is 49.6. The molecule has 15 aromatic rings. The van der Waals surface area contributed by atoms with Crippen molar-refractivity contribution < 1.29 is 9.53 Å². The highest BCUT2D eigenvalue weighted by molar-refractivity contribution is 6.74. The van der Waals surface area contributed by atoms with E-state index in [1.807, 2.05) is 152 Å². The number of aliphatic hydroxyl groups is 1. The van der Waals surface area contributed by atoms with E-state index < -0.39 is 8.32 Å². The van der Waals surface area contributed by atoms with Crippen LogP contribution in [0.4, 0.5) is 29.1 Å². The van der Waals surface area contributed by atoms with Crippen LogP contribution in [0.3, 0.4) is 0 Å². The number of hydrogen-bond acceptors (Lipinski definition) is 27. The molecule has 0 spiro atoms. The quantitative estimate of drug-likeness (QED) is 0.0188. The molecule has 0 bridgehead atoms. The van der Waals surface area contributed by atoms with E-state index >= 15 is 0 Å². The fourth-order valence-corrected chi connectivity index (χ4v) is 21.8. The number of aromatic nitrogens is 25. The molecule has 740 valence electrons. The molecule has 10 atom stereocenters. The Balaban J connectivity index is 0.000000131. The van der Waals surface area contributed by atoms with Gasteiger partial charge in [-0.05, 0) is 134 Å². The summed E-state index contributed by atoms with van der Waals surface area (Å²) < 4.78 is 23.9. The third-order valence-electron chi connectivity index (χ3n) is 28.8. The van der Waals surface area contributed by atoms with Gasteiger partial charge in [-0.2, -0.15) is 73.6 Å². The zero-order chi connectivity index (χ0) is 96.5. The lowest BCUT2D eigenvalue weighted by Gasteiger charge is -2.36. The SMILES string of the molecule is C.CC(C)N[C@@H]1CCC[C@H](c2cc(N)n3ncc(-c4cnn(C)c4)c3n2)C1.CCN(CC)[C@@H]1CCC[C@H](c2cc(N)n3ncc(-c4cnn(C)c4)c3n2)C1.CCN[C@@H]1CCC[C@H](c2cc(N)n3ncc(-c4cnn(C)c4)c3n2)C1.Cn1cc(-c2cnn3c(N)cc([C@H]4CCC[C@@H](NCCO)C4)nc23)cn1.Cn1cc(-c2cnn3c(N)cc([C@H]4CCC[C@@H](NCCO[Si](C)(C)C(C)(C)C)C4)nc23)cn1. The van der Waals surface area contributed by atoms with E-state index in [1.54, 1.807) is 52.2 Å². The Bertz CT molecular complexity index is 6500. The van der Waals surface area contributed by atoms with Gasteiger partial charge in [-0.3, -0.25) is 23.4 Å². The van der Waals surface area contributed by atoms with Gasteiger partial charge in [0, 0.05) is 266 Å². The second-order valence-corrected chi connectivity index (χ2v) is 44.9. The Morgan fingerprint density at radius 2 is 0.667 bits per heavy atom. The van der Waals surface area contributed by atoms with E-state index in [0.717, 1.165) is 209 Å². The number of rotatable bonds is 25. The minimum Gasteiger partial charge on any atom is -0.416 e. The van der Waals surface area contributed by atoms with E-state index in [0.29, 0.717) is 101 Å². The normalized spacial score (nSPS) is 20.4. The molecular weight excluding hydrogens is 1750 g/mol. The number of nitrogens with zero attached hydrogens (tertiary/aromatic N) is 26. The van der Waals surface area contributed by atoms with Crippen LogP contribution < -0.4 is 49.9 Å². The fourth-order valence-electron chi connectivity index (χ4n) is 20.8. The van der Waals surface area contributed by atoms with E-state index in [4.69, 9.17) is 63.1 Å². The molecule has 0 aromatic carbocycles. The van der Waals surface area contributed by atoms with Crippen LogP contribution >= 0.6 is 0 Å². The Morgan fingerprint density at radius 1 is 0.391 bits per heavy atom. The topological polar surface area (TPSA) is 451 Å². The van der Waals surface area contributed by atoms with E-state index in [2.05, 4.69) is 146 Å². The molecule has 15 N–H and O–H groups in total. The van der Waals surface area contributed by atoms with Gasteiger partial charge in [-0.15, -0.1) is 0 Å². The summed E-state index contributed by atoms with van der Waals surface area (Å²) in [4.78, 5) is 27.5. The lowest BCUT2D eigenvalue weighted by atomic mass is 9.82. The van der Waals surface area contributed by atoms with Crippen LogP contribution in [0.15, 0.2) is 123 Å². The van der Waals surface area contributed by atoms with Gasteiger partial charge in [0.15, 0.2) is 36.6 Å². The lowest BCUT2D eigenvalue weighted by Crippen LogP contribution is -2.43. The molecule has 38 heteroatoms. The van der Waals surface area contributed by atoms with Gasteiger partial charge in [-0.1, -0.05) is 94.9 Å². The largest absolute Gasteiger partial charge is 0.416 e. The summed E-state index contributed by atoms with van der Waals surface area (Å²) >= 11 is 0. The number of hydrogen-bond donors (Lipinski definition) is 10. The predicted octanol–water partition coefficient (Wildman–Crippen LogP) is 14.5. The number of aryl methyl sites for hydroxylation is 5. The Hall–Kier alpha value is -11.9. The van der Waals surface area contributed by atoms with Crippen molar-refractivity contribution in [1.82, 2.24) is 148 Å². The summed E-state index contributed by atoms with van der Waals surface area (Å²) in [6.45, 7) is 28.3. The number of nitrogens with two attached hydrogens (primary N) is 5. The number of aliphatic hydroxyl groups excluding tert-OH is 1. The molecule has 5 saturated carbocycles. The van der Waals surface area contributed by atoms with Crippen molar-refractivity contribution in [3.63, 3.8) is 0 Å². The highest BCUT2D eigenvalue weighted by Gasteiger charge is 2.38. The van der Waals surface area contributed by atoms with Crippen LogP contribution in [0.25, 0.3) is 83.9 Å². The average Bonchev–Trinajstić information content (AvgIpc) is 1.64. The van der Waals surface area contributed by atoms with Crippen molar-refractivity contribution in [3.8, 4) is 55.6 Å². The molecule has 5 aliphatic carbocycles. The molecule has 138 heavy (non-hydrogen) atoms. The van der Waals surface area contributed by atoms with Crippen molar-refractivity contribution in [3.05, 3.63) is 152 Å². The first kappa shape index (κ1) is 101. The van der Waals surface area contributed by atoms with Gasteiger partial charge in [-0.25, -0.2) is 24.9 Å². The molecule has 15 aromatic heterocycles. The third kappa shape index (κ3) is 23.3. The molecule has 0 unspecified atom stereocenters. The number of anilines is 5. The average molecular weight is 1900 g/mol. The second kappa shape index (κ2) is 44.5.